The second-order valence-electron chi connectivity index (χ2n) is 7.03. The van der Waals surface area contributed by atoms with Gasteiger partial charge in [0, 0.05) is 5.92 Å². The molecule has 0 unspecified atom stereocenters. The Morgan fingerprint density at radius 2 is 1.42 bits per heavy atom. The smallest absolute Gasteiger partial charge is 0.232 e. The molecule has 1 aromatic heterocycles. The van der Waals surface area contributed by atoms with Crippen molar-refractivity contribution in [1.82, 2.24) is 4.57 Å². The molecule has 0 bridgehead atoms. The molecule has 0 aliphatic carbocycles. The van der Waals surface area contributed by atoms with Gasteiger partial charge < -0.3 is 0 Å². The van der Waals surface area contributed by atoms with E-state index in [0.717, 1.165) is 0 Å². The van der Waals surface area contributed by atoms with Crippen LogP contribution in [-0.2, 0) is 7.05 Å². The molecular formula is C22H27N2+. The van der Waals surface area contributed by atoms with Gasteiger partial charge in [0.1, 0.15) is 11.9 Å². The van der Waals surface area contributed by atoms with Gasteiger partial charge in [-0.05, 0) is 43.5 Å². The van der Waals surface area contributed by atoms with Crippen LogP contribution in [0.25, 0.3) is 17.1 Å². The summed E-state index contributed by atoms with van der Waals surface area (Å²) in [5, 5.41) is 0. The summed E-state index contributed by atoms with van der Waals surface area (Å²) in [7, 11) is 2.15. The first-order valence-electron chi connectivity index (χ1n) is 8.65. The van der Waals surface area contributed by atoms with E-state index in [9.17, 15) is 0 Å². The van der Waals surface area contributed by atoms with Crippen molar-refractivity contribution in [3.63, 3.8) is 0 Å². The van der Waals surface area contributed by atoms with E-state index in [4.69, 9.17) is 0 Å². The summed E-state index contributed by atoms with van der Waals surface area (Å²) in [5.41, 5.74) is 7.85. The monoisotopic (exact) mass is 319 g/mol. The fraction of sp³-hybridized carbons (Fsp3) is 0.318. The van der Waals surface area contributed by atoms with E-state index in [1.165, 1.54) is 39.5 Å². The van der Waals surface area contributed by atoms with Gasteiger partial charge in [0.2, 0.25) is 0 Å². The highest BCUT2D eigenvalue weighted by atomic mass is 15.2. The SMILES string of the molecule is Cc1ccccc1-c1n(-c2c(C)cccc2C)c(C(C)C)c[n+]1C. The minimum absolute atomic E-state index is 0.452. The normalized spacial score (nSPS) is 11.3. The average molecular weight is 319 g/mol. The molecule has 0 fully saturated rings. The van der Waals surface area contributed by atoms with Crippen molar-refractivity contribution in [2.45, 2.75) is 40.5 Å². The van der Waals surface area contributed by atoms with Crippen LogP contribution in [0.15, 0.2) is 48.7 Å². The van der Waals surface area contributed by atoms with Crippen molar-refractivity contribution in [2.75, 3.05) is 0 Å². The fourth-order valence-electron chi connectivity index (χ4n) is 3.53. The first-order valence-corrected chi connectivity index (χ1v) is 8.65. The molecule has 0 radical (unpaired) electrons. The van der Waals surface area contributed by atoms with Crippen molar-refractivity contribution >= 4 is 0 Å². The highest BCUT2D eigenvalue weighted by Crippen LogP contribution is 2.31. The number of aryl methyl sites for hydroxylation is 4. The Morgan fingerprint density at radius 3 is 2.00 bits per heavy atom. The standard InChI is InChI=1S/C22H27N2/c1-15(2)20-14-23(6)22(19-13-8-7-10-16(19)3)24(20)21-17(4)11-9-12-18(21)5/h7-15H,1-6H3/q+1. The minimum Gasteiger partial charge on any atom is -0.232 e. The second-order valence-corrected chi connectivity index (χ2v) is 7.03. The number of benzene rings is 2. The van der Waals surface area contributed by atoms with Crippen LogP contribution in [0.5, 0.6) is 0 Å². The highest BCUT2D eigenvalue weighted by molar-refractivity contribution is 5.63. The van der Waals surface area contributed by atoms with Gasteiger partial charge in [-0.2, -0.15) is 4.57 Å². The van der Waals surface area contributed by atoms with Crippen LogP contribution in [0.2, 0.25) is 0 Å². The van der Waals surface area contributed by atoms with E-state index in [1.807, 2.05) is 0 Å². The van der Waals surface area contributed by atoms with Gasteiger partial charge in [-0.25, -0.2) is 4.57 Å². The summed E-state index contributed by atoms with van der Waals surface area (Å²) < 4.78 is 4.72. The van der Waals surface area contributed by atoms with Crippen molar-refractivity contribution in [3.8, 4) is 17.1 Å². The summed E-state index contributed by atoms with van der Waals surface area (Å²) in [6.45, 7) is 11.1. The molecule has 3 rings (SSSR count). The van der Waals surface area contributed by atoms with Gasteiger partial charge in [-0.15, -0.1) is 0 Å². The third kappa shape index (κ3) is 2.66. The Bertz CT molecular complexity index is 865. The van der Waals surface area contributed by atoms with Gasteiger partial charge in [0.05, 0.1) is 12.6 Å². The van der Waals surface area contributed by atoms with Crippen molar-refractivity contribution < 1.29 is 4.57 Å². The molecule has 0 spiro atoms. The van der Waals surface area contributed by atoms with E-state index in [0.29, 0.717) is 5.92 Å². The topological polar surface area (TPSA) is 8.81 Å². The molecule has 0 saturated carbocycles. The van der Waals surface area contributed by atoms with Crippen LogP contribution in [0.4, 0.5) is 0 Å². The Hall–Kier alpha value is -2.35. The summed E-state index contributed by atoms with van der Waals surface area (Å²) in [5.74, 6) is 1.70. The molecule has 2 nitrogen and oxygen atoms in total. The molecule has 1 heterocycles. The molecule has 0 atom stereocenters. The van der Waals surface area contributed by atoms with Gasteiger partial charge in [0.25, 0.3) is 5.82 Å². The van der Waals surface area contributed by atoms with Gasteiger partial charge in [0.15, 0.2) is 5.69 Å². The molecule has 24 heavy (non-hydrogen) atoms. The van der Waals surface area contributed by atoms with E-state index < -0.39 is 0 Å². The number of hydrogen-bond donors (Lipinski definition) is 0. The lowest BCUT2D eigenvalue weighted by molar-refractivity contribution is -0.659. The lowest BCUT2D eigenvalue weighted by atomic mass is 10.0. The lowest BCUT2D eigenvalue weighted by Gasteiger charge is -2.13. The zero-order valence-electron chi connectivity index (χ0n) is 15.6. The van der Waals surface area contributed by atoms with E-state index in [-0.39, 0.29) is 0 Å². The average Bonchev–Trinajstić information content (AvgIpc) is 2.85. The summed E-state index contributed by atoms with van der Waals surface area (Å²) in [6, 6.07) is 15.2. The first-order chi connectivity index (χ1) is 11.4. The minimum atomic E-state index is 0.452. The quantitative estimate of drug-likeness (QED) is 0.600. The number of aromatic nitrogens is 2. The van der Waals surface area contributed by atoms with Gasteiger partial charge in [-0.1, -0.05) is 50.2 Å². The van der Waals surface area contributed by atoms with Crippen LogP contribution in [0.1, 0.15) is 42.1 Å². The van der Waals surface area contributed by atoms with Crippen molar-refractivity contribution in [2.24, 2.45) is 7.05 Å². The van der Waals surface area contributed by atoms with Gasteiger partial charge in [-0.3, -0.25) is 0 Å². The van der Waals surface area contributed by atoms with E-state index >= 15 is 0 Å². The molecule has 2 aromatic carbocycles. The highest BCUT2D eigenvalue weighted by Gasteiger charge is 2.29. The van der Waals surface area contributed by atoms with Crippen molar-refractivity contribution in [1.29, 1.82) is 0 Å². The van der Waals surface area contributed by atoms with Crippen LogP contribution in [0, 0.1) is 20.8 Å². The Kier molecular flexibility index (Phi) is 4.31. The molecule has 2 heteroatoms. The fourth-order valence-corrected chi connectivity index (χ4v) is 3.53. The predicted octanol–water partition coefficient (Wildman–Crippen LogP) is 5.02. The first kappa shape index (κ1) is 16.5. The van der Waals surface area contributed by atoms with E-state index in [2.05, 4.69) is 99.5 Å². The zero-order chi connectivity index (χ0) is 17.4. The third-order valence-corrected chi connectivity index (χ3v) is 4.77. The number of nitrogens with zero attached hydrogens (tertiary/aromatic N) is 2. The van der Waals surface area contributed by atoms with Crippen LogP contribution < -0.4 is 4.57 Å². The Morgan fingerprint density at radius 1 is 0.833 bits per heavy atom. The predicted molar refractivity (Wildman–Crippen MR) is 101 cm³/mol. The number of imidazole rings is 1. The van der Waals surface area contributed by atoms with Crippen LogP contribution in [0.3, 0.4) is 0 Å². The number of rotatable bonds is 3. The molecule has 3 aromatic rings. The zero-order valence-corrected chi connectivity index (χ0v) is 15.6. The summed E-state index contributed by atoms with van der Waals surface area (Å²) >= 11 is 0. The molecule has 124 valence electrons. The molecule has 0 saturated heterocycles. The molecule has 0 aliphatic heterocycles. The maximum Gasteiger partial charge on any atom is 0.294 e. The van der Waals surface area contributed by atoms with Crippen molar-refractivity contribution in [3.05, 3.63) is 71.0 Å². The van der Waals surface area contributed by atoms with Gasteiger partial charge >= 0.3 is 0 Å². The summed E-state index contributed by atoms with van der Waals surface area (Å²) in [4.78, 5) is 0. The van der Waals surface area contributed by atoms with Crippen LogP contribution >= 0.6 is 0 Å². The maximum absolute atomic E-state index is 2.46. The van der Waals surface area contributed by atoms with Crippen LogP contribution in [-0.4, -0.2) is 4.57 Å². The number of para-hydroxylation sites is 1. The largest absolute Gasteiger partial charge is 0.294 e. The molecular weight excluding hydrogens is 292 g/mol. The lowest BCUT2D eigenvalue weighted by Crippen LogP contribution is -2.29. The summed E-state index contributed by atoms with van der Waals surface area (Å²) in [6.07, 6.45) is 2.28. The molecule has 0 N–H and O–H groups in total. The maximum atomic E-state index is 2.46. The van der Waals surface area contributed by atoms with E-state index in [1.54, 1.807) is 0 Å². The molecule has 0 aliphatic rings. The third-order valence-electron chi connectivity index (χ3n) is 4.77. The Labute approximate surface area is 145 Å². The second kappa shape index (κ2) is 6.27. The number of hydrogen-bond acceptors (Lipinski definition) is 0. The Balaban J connectivity index is 2.42. The molecule has 0 amide bonds.